The van der Waals surface area contributed by atoms with Gasteiger partial charge in [0.05, 0.1) is 18.3 Å². The Bertz CT molecular complexity index is 1770. The van der Waals surface area contributed by atoms with Gasteiger partial charge < -0.3 is 16.4 Å². The molecule has 0 fully saturated rings. The van der Waals surface area contributed by atoms with Crippen molar-refractivity contribution in [2.45, 2.75) is 51.5 Å². The van der Waals surface area contributed by atoms with E-state index in [0.717, 1.165) is 69.6 Å². The van der Waals surface area contributed by atoms with Crippen molar-refractivity contribution in [2.24, 2.45) is 0 Å². The minimum absolute atomic E-state index is 0.0528. The molecule has 0 aliphatic heterocycles. The molecule has 1 unspecified atom stereocenters. The van der Waals surface area contributed by atoms with E-state index in [1.807, 2.05) is 61.8 Å². The molecule has 0 spiro atoms. The molecule has 0 radical (unpaired) electrons. The normalized spacial score (nSPS) is 15.4. The highest BCUT2D eigenvalue weighted by Gasteiger charge is 2.25. The number of nitrogens with two attached hydrogens (primary N) is 1. The summed E-state index contributed by atoms with van der Waals surface area (Å²) in [6, 6.07) is 22.4. The summed E-state index contributed by atoms with van der Waals surface area (Å²) >= 11 is 0. The van der Waals surface area contributed by atoms with Crippen LogP contribution in [0.2, 0.25) is 0 Å². The summed E-state index contributed by atoms with van der Waals surface area (Å²) in [5.41, 5.74) is 13.3. The Balaban J connectivity index is 1.47. The minimum Gasteiger partial charge on any atom is -0.382 e. The van der Waals surface area contributed by atoms with Crippen LogP contribution in [0.25, 0.3) is 33.1 Å². The molecule has 0 saturated heterocycles. The predicted molar refractivity (Wildman–Crippen MR) is 168 cm³/mol. The second kappa shape index (κ2) is 11.2. The van der Waals surface area contributed by atoms with Crippen LogP contribution in [-0.2, 0) is 11.2 Å². The van der Waals surface area contributed by atoms with Gasteiger partial charge in [-0.25, -0.2) is 9.97 Å². The van der Waals surface area contributed by atoms with Gasteiger partial charge in [0.15, 0.2) is 0 Å². The first-order valence-corrected chi connectivity index (χ1v) is 14.3. The highest BCUT2D eigenvalue weighted by molar-refractivity contribution is 6.04. The van der Waals surface area contributed by atoms with E-state index in [0.29, 0.717) is 11.9 Å². The van der Waals surface area contributed by atoms with Gasteiger partial charge in [-0.1, -0.05) is 74.5 Å². The maximum absolute atomic E-state index is 12.9. The lowest BCUT2D eigenvalue weighted by molar-refractivity contribution is -0.115. The van der Waals surface area contributed by atoms with Crippen molar-refractivity contribution in [3.05, 3.63) is 96.1 Å². The quantitative estimate of drug-likeness (QED) is 0.215. The Kier molecular flexibility index (Phi) is 7.28. The van der Waals surface area contributed by atoms with E-state index in [1.165, 1.54) is 5.57 Å². The first kappa shape index (κ1) is 26.7. The molecule has 1 atom stereocenters. The molecule has 7 nitrogen and oxygen atoms in total. The summed E-state index contributed by atoms with van der Waals surface area (Å²) in [6.45, 7) is 4.33. The summed E-state index contributed by atoms with van der Waals surface area (Å²) in [4.78, 5) is 22.8. The second-order valence-electron chi connectivity index (χ2n) is 11.1. The van der Waals surface area contributed by atoms with Crippen molar-refractivity contribution in [2.75, 3.05) is 18.1 Å². The van der Waals surface area contributed by atoms with Crippen LogP contribution >= 0.6 is 0 Å². The van der Waals surface area contributed by atoms with Crippen LogP contribution in [0.15, 0.2) is 79.0 Å². The number of amides is 1. The first-order chi connectivity index (χ1) is 19.9. The van der Waals surface area contributed by atoms with Gasteiger partial charge in [0.25, 0.3) is 0 Å². The van der Waals surface area contributed by atoms with E-state index >= 15 is 0 Å². The van der Waals surface area contributed by atoms with Crippen molar-refractivity contribution in [3.63, 3.8) is 0 Å². The molecule has 0 bridgehead atoms. The lowest BCUT2D eigenvalue weighted by atomic mass is 9.93. The number of hydrogen-bond donors (Lipinski definition) is 3. The fourth-order valence-corrected chi connectivity index (χ4v) is 5.92. The molecule has 208 valence electrons. The number of nitrogen functional groups attached to an aromatic ring is 1. The Hall–Kier alpha value is -4.49. The van der Waals surface area contributed by atoms with Crippen molar-refractivity contribution in [1.82, 2.24) is 19.7 Å². The molecule has 2 aromatic heterocycles. The molecule has 7 heteroatoms. The Morgan fingerprint density at radius 1 is 1.05 bits per heavy atom. The predicted octanol–water partition coefficient (Wildman–Crippen LogP) is 6.59. The van der Waals surface area contributed by atoms with E-state index in [-0.39, 0.29) is 18.2 Å². The molecule has 1 amide bonds. The van der Waals surface area contributed by atoms with E-state index in [9.17, 15) is 4.79 Å². The number of nitrogens with one attached hydrogen (secondary N) is 2. The van der Waals surface area contributed by atoms with Crippen molar-refractivity contribution < 1.29 is 4.79 Å². The van der Waals surface area contributed by atoms with Crippen LogP contribution in [0.5, 0.6) is 0 Å². The highest BCUT2D eigenvalue weighted by Crippen LogP contribution is 2.38. The van der Waals surface area contributed by atoms with Gasteiger partial charge in [-0.3, -0.25) is 9.20 Å². The van der Waals surface area contributed by atoms with Gasteiger partial charge >= 0.3 is 0 Å². The molecule has 0 saturated carbocycles. The van der Waals surface area contributed by atoms with E-state index in [1.54, 1.807) is 0 Å². The Labute approximate surface area is 240 Å². The molecule has 6 rings (SSSR count). The third kappa shape index (κ3) is 5.09. The van der Waals surface area contributed by atoms with Crippen LogP contribution in [-0.4, -0.2) is 33.4 Å². The zero-order valence-electron chi connectivity index (χ0n) is 23.8. The second-order valence-corrected chi connectivity index (χ2v) is 11.1. The maximum Gasteiger partial charge on any atom is 0.228 e. The number of carbonyl (C=O) groups is 1. The van der Waals surface area contributed by atoms with Gasteiger partial charge in [-0.2, -0.15) is 0 Å². The minimum atomic E-state index is -0.0528. The van der Waals surface area contributed by atoms with Crippen molar-refractivity contribution in [1.29, 1.82) is 0 Å². The number of rotatable bonds is 7. The first-order valence-electron chi connectivity index (χ1n) is 14.3. The fraction of sp³-hybridized carbons (Fsp3) is 0.265. The third-order valence-corrected chi connectivity index (χ3v) is 8.06. The Morgan fingerprint density at radius 2 is 1.80 bits per heavy atom. The van der Waals surface area contributed by atoms with Gasteiger partial charge in [-0.15, -0.1) is 0 Å². The van der Waals surface area contributed by atoms with E-state index in [2.05, 4.69) is 58.1 Å². The number of imidazole rings is 1. The van der Waals surface area contributed by atoms with Crippen molar-refractivity contribution in [3.8, 4) is 11.3 Å². The molecular formula is C34H36N6O. The van der Waals surface area contributed by atoms with Crippen molar-refractivity contribution >= 4 is 39.3 Å². The van der Waals surface area contributed by atoms with Crippen LogP contribution in [0.1, 0.15) is 56.1 Å². The molecule has 41 heavy (non-hydrogen) atoms. The molecule has 1 aliphatic carbocycles. The average Bonchev–Trinajstić information content (AvgIpc) is 3.40. The number of anilines is 2. The zero-order valence-corrected chi connectivity index (χ0v) is 23.8. The lowest BCUT2D eigenvalue weighted by Gasteiger charge is -2.22. The zero-order chi connectivity index (χ0) is 28.5. The number of carbonyl (C=O) groups excluding carboxylic acids is 1. The number of allylic oxidation sites excluding steroid dienone is 1. The maximum atomic E-state index is 12.9. The number of hydrogen-bond acceptors (Lipinski definition) is 5. The van der Waals surface area contributed by atoms with E-state index < -0.39 is 0 Å². The summed E-state index contributed by atoms with van der Waals surface area (Å²) in [6.07, 6.45) is 7.53. The molecule has 3 aromatic carbocycles. The topological polar surface area (TPSA) is 97.3 Å². The standard InChI is InChI=1S/C34H36N6O/c1-21(2)34-39-31(32-33(35)37-20-29(40(32)34)22-13-16-24(36-3)17-14-22)28-18-15-23(26-11-7-8-12-27(26)28)19-30(41)38-25-9-5-4-6-10-25/h4-13,15,18,20-21,24,36H,14,16-17,19H2,1-3H3,(H2,35,37)(H,38,41). The molecule has 4 N–H and O–H groups in total. The summed E-state index contributed by atoms with van der Waals surface area (Å²) < 4.78 is 2.23. The number of para-hydroxylation sites is 1. The SMILES string of the molecule is CNC1CC=C(c2cnc(N)c3c(-c4ccc(CC(=O)Nc5ccccc5)c5ccccc45)nc(C(C)C)n23)CC1. The number of aromatic nitrogens is 3. The molecule has 2 heterocycles. The highest BCUT2D eigenvalue weighted by atomic mass is 16.1. The number of benzene rings is 3. The summed E-state index contributed by atoms with van der Waals surface area (Å²) in [5, 5.41) is 8.46. The summed E-state index contributed by atoms with van der Waals surface area (Å²) in [5.74, 6) is 1.55. The van der Waals surface area contributed by atoms with Gasteiger partial charge in [0.1, 0.15) is 22.9 Å². The smallest absolute Gasteiger partial charge is 0.228 e. The van der Waals surface area contributed by atoms with Gasteiger partial charge in [-0.05, 0) is 60.4 Å². The lowest BCUT2D eigenvalue weighted by Crippen LogP contribution is -2.26. The average molecular weight is 545 g/mol. The van der Waals surface area contributed by atoms with Gasteiger partial charge in [0.2, 0.25) is 5.91 Å². The summed E-state index contributed by atoms with van der Waals surface area (Å²) in [7, 11) is 2.02. The monoisotopic (exact) mass is 544 g/mol. The Morgan fingerprint density at radius 3 is 2.51 bits per heavy atom. The largest absolute Gasteiger partial charge is 0.382 e. The third-order valence-electron chi connectivity index (χ3n) is 8.06. The van der Waals surface area contributed by atoms with Crippen LogP contribution in [0, 0.1) is 0 Å². The molecule has 5 aromatic rings. The van der Waals surface area contributed by atoms with Crippen LogP contribution in [0.3, 0.4) is 0 Å². The van der Waals surface area contributed by atoms with E-state index in [4.69, 9.17) is 10.7 Å². The number of fused-ring (bicyclic) bond motifs is 2. The molecular weight excluding hydrogens is 508 g/mol. The fourth-order valence-electron chi connectivity index (χ4n) is 5.92. The number of nitrogens with zero attached hydrogens (tertiary/aromatic N) is 3. The van der Waals surface area contributed by atoms with Gasteiger partial charge in [0, 0.05) is 23.2 Å². The molecule has 1 aliphatic rings. The van der Waals surface area contributed by atoms with Crippen LogP contribution < -0.4 is 16.4 Å². The van der Waals surface area contributed by atoms with Crippen LogP contribution in [0.4, 0.5) is 11.5 Å².